The largest absolute Gasteiger partial charge is 0.369 e. The van der Waals surface area contributed by atoms with Crippen LogP contribution in [0.2, 0.25) is 0 Å². The highest BCUT2D eigenvalue weighted by atomic mass is 16.1. The molecule has 114 valence electrons. The molecule has 3 N–H and O–H groups in total. The lowest BCUT2D eigenvalue weighted by Gasteiger charge is -2.32. The zero-order valence-electron chi connectivity index (χ0n) is 12.3. The second kappa shape index (κ2) is 6.39. The van der Waals surface area contributed by atoms with E-state index in [0.29, 0.717) is 12.5 Å². The summed E-state index contributed by atoms with van der Waals surface area (Å²) in [6.07, 6.45) is 7.86. The Labute approximate surface area is 125 Å². The lowest BCUT2D eigenvalue weighted by molar-refractivity contribution is -0.122. The maximum absolute atomic E-state index is 11.3. The van der Waals surface area contributed by atoms with Gasteiger partial charge in [0, 0.05) is 19.0 Å². The Morgan fingerprint density at radius 1 is 1.24 bits per heavy atom. The number of hydrogen-bond donors (Lipinski definition) is 2. The van der Waals surface area contributed by atoms with Crippen LogP contribution in [0.1, 0.15) is 37.3 Å². The first kappa shape index (κ1) is 14.3. The molecule has 2 saturated heterocycles. The van der Waals surface area contributed by atoms with Crippen LogP contribution < -0.4 is 16.0 Å². The summed E-state index contributed by atoms with van der Waals surface area (Å²) in [4.78, 5) is 22.6. The average molecular weight is 289 g/mol. The van der Waals surface area contributed by atoms with Crippen molar-refractivity contribution in [1.82, 2.24) is 15.3 Å². The lowest BCUT2D eigenvalue weighted by Crippen LogP contribution is -2.41. The van der Waals surface area contributed by atoms with Gasteiger partial charge in [-0.2, -0.15) is 0 Å². The normalized spacial score (nSPS) is 24.0. The van der Waals surface area contributed by atoms with Crippen molar-refractivity contribution in [3.8, 4) is 0 Å². The molecule has 2 fully saturated rings. The molecule has 1 aromatic heterocycles. The molecule has 1 aromatic rings. The van der Waals surface area contributed by atoms with E-state index in [-0.39, 0.29) is 11.8 Å². The maximum atomic E-state index is 11.3. The van der Waals surface area contributed by atoms with Gasteiger partial charge in [0.05, 0.1) is 24.0 Å². The number of amides is 1. The van der Waals surface area contributed by atoms with Gasteiger partial charge in [-0.3, -0.25) is 9.78 Å². The van der Waals surface area contributed by atoms with Gasteiger partial charge in [0.1, 0.15) is 5.82 Å². The third kappa shape index (κ3) is 3.32. The van der Waals surface area contributed by atoms with Crippen LogP contribution in [0.5, 0.6) is 0 Å². The van der Waals surface area contributed by atoms with E-state index in [1.165, 1.54) is 0 Å². The van der Waals surface area contributed by atoms with Crippen LogP contribution in [0.25, 0.3) is 0 Å². The summed E-state index contributed by atoms with van der Waals surface area (Å²) < 4.78 is 0. The van der Waals surface area contributed by atoms with E-state index in [9.17, 15) is 4.79 Å². The van der Waals surface area contributed by atoms with Crippen molar-refractivity contribution < 1.29 is 4.79 Å². The van der Waals surface area contributed by atoms with E-state index in [1.807, 2.05) is 12.4 Å². The number of primary amides is 1. The Bertz CT molecular complexity index is 483. The molecule has 1 atom stereocenters. The van der Waals surface area contributed by atoms with Crippen molar-refractivity contribution in [1.29, 1.82) is 0 Å². The van der Waals surface area contributed by atoms with Crippen LogP contribution in [0.15, 0.2) is 12.4 Å². The molecule has 6 nitrogen and oxygen atoms in total. The molecular weight excluding hydrogens is 266 g/mol. The molecule has 0 aliphatic carbocycles. The zero-order valence-corrected chi connectivity index (χ0v) is 12.3. The smallest absolute Gasteiger partial charge is 0.222 e. The number of nitrogens with one attached hydrogen (secondary N) is 1. The van der Waals surface area contributed by atoms with E-state index < -0.39 is 0 Å². The highest BCUT2D eigenvalue weighted by Crippen LogP contribution is 2.25. The Kier molecular flexibility index (Phi) is 4.34. The van der Waals surface area contributed by atoms with Crippen molar-refractivity contribution >= 4 is 11.7 Å². The van der Waals surface area contributed by atoms with Gasteiger partial charge >= 0.3 is 0 Å². The Morgan fingerprint density at radius 3 is 2.71 bits per heavy atom. The van der Waals surface area contributed by atoms with E-state index in [1.54, 1.807) is 0 Å². The minimum Gasteiger partial charge on any atom is -0.369 e. The Balaban J connectivity index is 1.67. The van der Waals surface area contributed by atoms with Gasteiger partial charge < -0.3 is 16.0 Å². The monoisotopic (exact) mass is 289 g/mol. The quantitative estimate of drug-likeness (QED) is 0.853. The minimum atomic E-state index is -0.209. The fraction of sp³-hybridized carbons (Fsp3) is 0.667. The summed E-state index contributed by atoms with van der Waals surface area (Å²) >= 11 is 0. The molecular formula is C15H23N5O. The van der Waals surface area contributed by atoms with Crippen LogP contribution in [0.3, 0.4) is 0 Å². The van der Waals surface area contributed by atoms with Gasteiger partial charge in [-0.15, -0.1) is 0 Å². The fourth-order valence-electron chi connectivity index (χ4n) is 3.24. The molecule has 0 aromatic carbocycles. The van der Waals surface area contributed by atoms with Gasteiger partial charge in [-0.1, -0.05) is 0 Å². The predicted octanol–water partition coefficient (Wildman–Crippen LogP) is 0.645. The lowest BCUT2D eigenvalue weighted by atomic mass is 9.95. The SMILES string of the molecule is NC(=O)[C@H]1CCCN(c2cnc(C3CCNCC3)cn2)C1. The van der Waals surface area contributed by atoms with Gasteiger partial charge in [-0.25, -0.2) is 4.98 Å². The molecule has 0 unspecified atom stereocenters. The molecule has 3 heterocycles. The van der Waals surface area contributed by atoms with Gasteiger partial charge in [-0.05, 0) is 38.8 Å². The first-order valence-electron chi connectivity index (χ1n) is 7.81. The molecule has 21 heavy (non-hydrogen) atoms. The second-order valence-corrected chi connectivity index (χ2v) is 6.01. The maximum Gasteiger partial charge on any atom is 0.222 e. The third-order valence-electron chi connectivity index (χ3n) is 4.56. The standard InChI is InChI=1S/C15H23N5O/c16-15(21)12-2-1-7-20(10-12)14-9-18-13(8-19-14)11-3-5-17-6-4-11/h8-9,11-12,17H,1-7,10H2,(H2,16,21)/t12-/m0/s1. The topological polar surface area (TPSA) is 84.1 Å². The molecule has 2 aliphatic heterocycles. The van der Waals surface area contributed by atoms with Gasteiger partial charge in [0.2, 0.25) is 5.91 Å². The van der Waals surface area contributed by atoms with Gasteiger partial charge in [0.25, 0.3) is 0 Å². The summed E-state index contributed by atoms with van der Waals surface area (Å²) in [5.41, 5.74) is 6.51. The van der Waals surface area contributed by atoms with Crippen molar-refractivity contribution in [2.24, 2.45) is 11.7 Å². The molecule has 0 bridgehead atoms. The van der Waals surface area contributed by atoms with E-state index in [2.05, 4.69) is 20.2 Å². The molecule has 0 saturated carbocycles. The number of anilines is 1. The summed E-state index contributed by atoms with van der Waals surface area (Å²) in [5, 5.41) is 3.36. The molecule has 1 amide bonds. The molecule has 2 aliphatic rings. The van der Waals surface area contributed by atoms with Crippen molar-refractivity contribution in [3.05, 3.63) is 18.1 Å². The van der Waals surface area contributed by atoms with E-state index >= 15 is 0 Å². The van der Waals surface area contributed by atoms with Crippen LogP contribution in [0.4, 0.5) is 5.82 Å². The van der Waals surface area contributed by atoms with E-state index in [4.69, 9.17) is 5.73 Å². The first-order chi connectivity index (χ1) is 10.2. The van der Waals surface area contributed by atoms with Crippen molar-refractivity contribution in [2.75, 3.05) is 31.1 Å². The van der Waals surface area contributed by atoms with E-state index in [0.717, 1.165) is 56.8 Å². The van der Waals surface area contributed by atoms with Crippen LogP contribution in [-0.2, 0) is 4.79 Å². The molecule has 6 heteroatoms. The number of carbonyl (C=O) groups excluding carboxylic acids is 1. The molecule has 3 rings (SSSR count). The van der Waals surface area contributed by atoms with Crippen LogP contribution >= 0.6 is 0 Å². The number of nitrogens with zero attached hydrogens (tertiary/aromatic N) is 3. The summed E-state index contributed by atoms with van der Waals surface area (Å²) in [7, 11) is 0. The number of hydrogen-bond acceptors (Lipinski definition) is 5. The first-order valence-corrected chi connectivity index (χ1v) is 7.81. The second-order valence-electron chi connectivity index (χ2n) is 6.01. The predicted molar refractivity (Wildman–Crippen MR) is 81.0 cm³/mol. The number of carbonyl (C=O) groups is 1. The molecule has 0 radical (unpaired) electrons. The zero-order chi connectivity index (χ0) is 14.7. The fourth-order valence-corrected chi connectivity index (χ4v) is 3.24. The summed E-state index contributed by atoms with van der Waals surface area (Å²) in [6, 6.07) is 0. The van der Waals surface area contributed by atoms with Crippen molar-refractivity contribution in [2.45, 2.75) is 31.6 Å². The number of piperidine rings is 2. The Hall–Kier alpha value is -1.69. The van der Waals surface area contributed by atoms with Crippen molar-refractivity contribution in [3.63, 3.8) is 0 Å². The third-order valence-corrected chi connectivity index (χ3v) is 4.56. The minimum absolute atomic E-state index is 0.0651. The number of rotatable bonds is 3. The highest BCUT2D eigenvalue weighted by molar-refractivity contribution is 5.77. The van der Waals surface area contributed by atoms with Crippen LogP contribution in [-0.4, -0.2) is 42.1 Å². The number of nitrogens with two attached hydrogens (primary N) is 1. The summed E-state index contributed by atoms with van der Waals surface area (Å²) in [5.74, 6) is 1.11. The van der Waals surface area contributed by atoms with Crippen LogP contribution in [0, 0.1) is 5.92 Å². The Morgan fingerprint density at radius 2 is 2.05 bits per heavy atom. The molecule has 0 spiro atoms. The highest BCUT2D eigenvalue weighted by Gasteiger charge is 2.25. The summed E-state index contributed by atoms with van der Waals surface area (Å²) in [6.45, 7) is 3.70. The van der Waals surface area contributed by atoms with Gasteiger partial charge in [0.15, 0.2) is 0 Å². The number of aromatic nitrogens is 2. The average Bonchev–Trinajstić information content (AvgIpc) is 2.56.